The van der Waals surface area contributed by atoms with Gasteiger partial charge in [0.15, 0.2) is 0 Å². The van der Waals surface area contributed by atoms with Crippen molar-refractivity contribution in [2.75, 3.05) is 13.2 Å². The van der Waals surface area contributed by atoms with Crippen molar-refractivity contribution in [1.82, 2.24) is 10.6 Å². The maximum Gasteiger partial charge on any atom is 0.315 e. The molecule has 0 bridgehead atoms. The third-order valence-electron chi connectivity index (χ3n) is 6.07. The van der Waals surface area contributed by atoms with E-state index in [1.807, 2.05) is 36.4 Å². The number of hydrogen-bond donors (Lipinski definition) is 4. The second-order valence-corrected chi connectivity index (χ2v) is 8.54. The van der Waals surface area contributed by atoms with Crippen molar-refractivity contribution >= 4 is 24.8 Å². The molecule has 200 valence electrons. The predicted octanol–water partition coefficient (Wildman–Crippen LogP) is 1.44. The number of carbonyl (C=O) groups excluding carboxylic acids is 4. The molecular formula is C27H34N2O8. The first-order valence-electron chi connectivity index (χ1n) is 12.0. The zero-order valence-corrected chi connectivity index (χ0v) is 20.6. The number of amides is 2. The fourth-order valence-electron chi connectivity index (χ4n) is 3.96. The Bertz CT molecular complexity index is 961. The molecule has 0 radical (unpaired) electrons. The lowest BCUT2D eigenvalue weighted by atomic mass is 9.87. The first-order valence-corrected chi connectivity index (χ1v) is 12.0. The smallest absolute Gasteiger partial charge is 0.315 e. The molecule has 0 aliphatic heterocycles. The molecule has 2 atom stereocenters. The van der Waals surface area contributed by atoms with E-state index in [2.05, 4.69) is 10.6 Å². The van der Waals surface area contributed by atoms with Crippen LogP contribution >= 0.6 is 0 Å². The second-order valence-electron chi connectivity index (χ2n) is 8.54. The molecule has 2 amide bonds. The number of unbranched alkanes of at least 4 members (excludes halogenated alkanes) is 1. The van der Waals surface area contributed by atoms with Gasteiger partial charge in [0.25, 0.3) is 0 Å². The minimum absolute atomic E-state index is 0.0439. The molecule has 0 unspecified atom stereocenters. The molecule has 0 aliphatic rings. The van der Waals surface area contributed by atoms with Crippen molar-refractivity contribution in [2.45, 2.75) is 44.6 Å². The molecule has 2 aromatic rings. The van der Waals surface area contributed by atoms with Crippen molar-refractivity contribution in [2.24, 2.45) is 11.8 Å². The molecule has 4 N–H and O–H groups in total. The van der Waals surface area contributed by atoms with Gasteiger partial charge in [-0.15, -0.1) is 0 Å². The predicted molar refractivity (Wildman–Crippen MR) is 133 cm³/mol. The normalized spacial score (nSPS) is 12.6. The summed E-state index contributed by atoms with van der Waals surface area (Å²) in [6.45, 7) is -1.05. The topological polar surface area (TPSA) is 151 Å². The molecule has 0 aromatic heterocycles. The van der Waals surface area contributed by atoms with E-state index in [1.165, 1.54) is 0 Å². The third-order valence-corrected chi connectivity index (χ3v) is 6.07. The number of carbonyl (C=O) groups is 4. The van der Waals surface area contributed by atoms with E-state index in [-0.39, 0.29) is 26.1 Å². The van der Waals surface area contributed by atoms with E-state index in [1.54, 1.807) is 24.3 Å². The molecule has 2 aromatic carbocycles. The van der Waals surface area contributed by atoms with Crippen LogP contribution in [-0.4, -0.2) is 53.8 Å². The molecule has 10 heteroatoms. The Labute approximate surface area is 216 Å². The molecule has 0 saturated heterocycles. The Morgan fingerprint density at radius 3 is 1.76 bits per heavy atom. The van der Waals surface area contributed by atoms with Gasteiger partial charge < -0.3 is 30.3 Å². The van der Waals surface area contributed by atoms with Crippen molar-refractivity contribution in [1.29, 1.82) is 0 Å². The molecule has 0 aliphatic carbocycles. The van der Waals surface area contributed by atoms with Crippen LogP contribution in [0.15, 0.2) is 60.7 Å². The fourth-order valence-corrected chi connectivity index (χ4v) is 3.96. The summed E-state index contributed by atoms with van der Waals surface area (Å²) in [6, 6.07) is 18.1. The SMILES string of the molecule is O=CNC(CCCC[C@H](CO)C(=O)OCc1ccccc1)(NC=O)[C@H](CO)C(=O)OCc1ccccc1. The Kier molecular flexibility index (Phi) is 12.8. The number of ether oxygens (including phenoxy) is 2. The van der Waals surface area contributed by atoms with E-state index in [9.17, 15) is 29.4 Å². The highest BCUT2D eigenvalue weighted by atomic mass is 16.5. The van der Waals surface area contributed by atoms with Crippen LogP contribution in [0, 0.1) is 11.8 Å². The Morgan fingerprint density at radius 1 is 0.784 bits per heavy atom. The lowest BCUT2D eigenvalue weighted by molar-refractivity contribution is -0.156. The number of hydrogen-bond acceptors (Lipinski definition) is 8. The quantitative estimate of drug-likeness (QED) is 0.101. The maximum atomic E-state index is 12.8. The van der Waals surface area contributed by atoms with Crippen LogP contribution in [0.1, 0.15) is 36.8 Å². The summed E-state index contributed by atoms with van der Waals surface area (Å²) in [5.74, 6) is -3.36. The average molecular weight is 515 g/mol. The largest absolute Gasteiger partial charge is 0.461 e. The summed E-state index contributed by atoms with van der Waals surface area (Å²) in [4.78, 5) is 48.0. The number of nitrogens with one attached hydrogen (secondary N) is 2. The minimum Gasteiger partial charge on any atom is -0.461 e. The van der Waals surface area contributed by atoms with Gasteiger partial charge in [-0.1, -0.05) is 67.1 Å². The second kappa shape index (κ2) is 16.1. The van der Waals surface area contributed by atoms with E-state index in [0.29, 0.717) is 25.7 Å². The van der Waals surface area contributed by atoms with Crippen LogP contribution < -0.4 is 10.6 Å². The molecular weight excluding hydrogens is 480 g/mol. The van der Waals surface area contributed by atoms with Crippen LogP contribution in [-0.2, 0) is 41.9 Å². The van der Waals surface area contributed by atoms with Crippen LogP contribution in [0.5, 0.6) is 0 Å². The highest BCUT2D eigenvalue weighted by Crippen LogP contribution is 2.25. The van der Waals surface area contributed by atoms with Crippen LogP contribution in [0.2, 0.25) is 0 Å². The minimum atomic E-state index is -1.60. The van der Waals surface area contributed by atoms with Crippen molar-refractivity contribution in [3.05, 3.63) is 71.8 Å². The van der Waals surface area contributed by atoms with Gasteiger partial charge in [0, 0.05) is 0 Å². The lowest BCUT2D eigenvalue weighted by Gasteiger charge is -2.38. The van der Waals surface area contributed by atoms with Crippen LogP contribution in [0.3, 0.4) is 0 Å². The van der Waals surface area contributed by atoms with Gasteiger partial charge in [-0.3, -0.25) is 19.2 Å². The van der Waals surface area contributed by atoms with E-state index in [4.69, 9.17) is 9.47 Å². The van der Waals surface area contributed by atoms with E-state index < -0.39 is 42.7 Å². The highest BCUT2D eigenvalue weighted by molar-refractivity contribution is 5.76. The monoisotopic (exact) mass is 514 g/mol. The van der Waals surface area contributed by atoms with Crippen molar-refractivity contribution in [3.63, 3.8) is 0 Å². The summed E-state index contributed by atoms with van der Waals surface area (Å²) in [5, 5.41) is 24.6. The summed E-state index contributed by atoms with van der Waals surface area (Å²) < 4.78 is 10.6. The van der Waals surface area contributed by atoms with Gasteiger partial charge >= 0.3 is 11.9 Å². The number of aliphatic hydroxyl groups excluding tert-OH is 2. The number of aliphatic hydroxyl groups is 2. The van der Waals surface area contributed by atoms with E-state index >= 15 is 0 Å². The maximum absolute atomic E-state index is 12.8. The van der Waals surface area contributed by atoms with Crippen molar-refractivity contribution in [3.8, 4) is 0 Å². The summed E-state index contributed by atoms with van der Waals surface area (Å²) >= 11 is 0. The Balaban J connectivity index is 1.97. The molecule has 0 heterocycles. The summed E-state index contributed by atoms with van der Waals surface area (Å²) in [5.41, 5.74) is -0.0421. The third kappa shape index (κ3) is 9.32. The summed E-state index contributed by atoms with van der Waals surface area (Å²) in [7, 11) is 0. The first-order chi connectivity index (χ1) is 18.0. The average Bonchev–Trinajstić information content (AvgIpc) is 2.92. The van der Waals surface area contributed by atoms with Crippen LogP contribution in [0.25, 0.3) is 0 Å². The van der Waals surface area contributed by atoms with Gasteiger partial charge in [0.1, 0.15) is 24.8 Å². The fraction of sp³-hybridized carbons (Fsp3) is 0.407. The van der Waals surface area contributed by atoms with Gasteiger partial charge in [0.05, 0.1) is 19.1 Å². The van der Waals surface area contributed by atoms with Gasteiger partial charge in [-0.05, 0) is 30.4 Å². The standard InChI is InChI=1S/C27H34N2O8/c30-15-23(25(34)36-17-21-9-3-1-4-10-21)13-7-8-14-27(28-19-32,29-20-33)24(16-31)26(35)37-18-22-11-5-2-6-12-22/h1-6,9-12,19-20,23-24,30-31H,7-8,13-18H2,(H,28,32)(H,29,33)/t23-,24-/m1/s1. The Morgan fingerprint density at radius 2 is 1.30 bits per heavy atom. The molecule has 0 fully saturated rings. The first kappa shape index (κ1) is 29.5. The molecule has 2 rings (SSSR count). The van der Waals surface area contributed by atoms with E-state index in [0.717, 1.165) is 11.1 Å². The number of benzene rings is 2. The Hall–Kier alpha value is -3.76. The lowest BCUT2D eigenvalue weighted by Crippen LogP contribution is -2.64. The number of rotatable bonds is 18. The molecule has 0 spiro atoms. The van der Waals surface area contributed by atoms with Gasteiger partial charge in [-0.2, -0.15) is 0 Å². The van der Waals surface area contributed by atoms with Crippen molar-refractivity contribution < 1.29 is 38.9 Å². The van der Waals surface area contributed by atoms with Crippen LogP contribution in [0.4, 0.5) is 0 Å². The highest BCUT2D eigenvalue weighted by Gasteiger charge is 2.43. The molecule has 0 saturated carbocycles. The zero-order valence-electron chi connectivity index (χ0n) is 20.6. The van der Waals surface area contributed by atoms with Gasteiger partial charge in [-0.25, -0.2) is 0 Å². The summed E-state index contributed by atoms with van der Waals surface area (Å²) in [6.07, 6.45) is 1.76. The van der Waals surface area contributed by atoms with Gasteiger partial charge in [0.2, 0.25) is 12.8 Å². The number of esters is 2. The molecule has 10 nitrogen and oxygen atoms in total. The zero-order chi connectivity index (χ0) is 26.9. The molecule has 37 heavy (non-hydrogen) atoms.